The summed E-state index contributed by atoms with van der Waals surface area (Å²) >= 11 is 0. The van der Waals surface area contributed by atoms with Crippen molar-refractivity contribution in [2.75, 3.05) is 55.1 Å². The Labute approximate surface area is 334 Å². The first-order valence-electron chi connectivity index (χ1n) is 19.5. The number of hydrogen-bond acceptors (Lipinski definition) is 11. The number of esters is 1. The van der Waals surface area contributed by atoms with Gasteiger partial charge >= 0.3 is 12.1 Å². The molecule has 12 nitrogen and oxygen atoms in total. The van der Waals surface area contributed by atoms with Crippen molar-refractivity contribution in [3.63, 3.8) is 0 Å². The maximum Gasteiger partial charge on any atom is 0.407 e. The Kier molecular flexibility index (Phi) is 11.6. The maximum atomic E-state index is 13.1. The number of hydrogen-bond donors (Lipinski definition) is 1. The molecule has 0 aliphatic carbocycles. The summed E-state index contributed by atoms with van der Waals surface area (Å²) in [5.41, 5.74) is 5.97. The van der Waals surface area contributed by atoms with Gasteiger partial charge in [0.2, 0.25) is 5.75 Å². The summed E-state index contributed by atoms with van der Waals surface area (Å²) in [6, 6.07) is 19.9. The predicted molar refractivity (Wildman–Crippen MR) is 216 cm³/mol. The first-order valence-corrected chi connectivity index (χ1v) is 19.5. The molecule has 4 aromatic carbocycles. The third kappa shape index (κ3) is 8.77. The monoisotopic (exact) mass is 779 g/mol. The smallest absolute Gasteiger partial charge is 0.407 e. The molecular formula is C45H53N3O9. The maximum absolute atomic E-state index is 13.1. The van der Waals surface area contributed by atoms with E-state index in [1.807, 2.05) is 24.3 Å². The van der Waals surface area contributed by atoms with Gasteiger partial charge in [0.25, 0.3) is 0 Å². The molecule has 6 bridgehead atoms. The number of alkyl carbamates (subject to hydrolysis) is 1. The molecule has 57 heavy (non-hydrogen) atoms. The Bertz CT molecular complexity index is 2130. The average Bonchev–Trinajstić information content (AvgIpc) is 3.17. The van der Waals surface area contributed by atoms with E-state index in [1.165, 1.54) is 11.1 Å². The second kappa shape index (κ2) is 16.6. The van der Waals surface area contributed by atoms with Crippen LogP contribution in [-0.4, -0.2) is 82.5 Å². The number of rotatable bonds is 7. The van der Waals surface area contributed by atoms with E-state index in [4.69, 9.17) is 33.2 Å². The number of carbonyl (C=O) groups excluding carboxylic acids is 2. The number of methoxy groups -OCH3 is 3. The summed E-state index contributed by atoms with van der Waals surface area (Å²) < 4.78 is 42.7. The number of nitrogens with zero attached hydrogens (tertiary/aromatic N) is 2. The molecular weight excluding hydrogens is 727 g/mol. The number of likely N-dealkylation sites (N-methyl/N-ethyl adjacent to an activating group) is 2. The number of ether oxygens (including phenoxy) is 7. The molecule has 0 fully saturated rings. The van der Waals surface area contributed by atoms with Crippen molar-refractivity contribution in [1.82, 2.24) is 15.1 Å². The molecule has 4 aliphatic heterocycles. The molecule has 1 amide bonds. The van der Waals surface area contributed by atoms with Crippen LogP contribution in [0.25, 0.3) is 0 Å². The van der Waals surface area contributed by atoms with Gasteiger partial charge in [-0.05, 0) is 131 Å². The van der Waals surface area contributed by atoms with Crippen LogP contribution < -0.4 is 33.7 Å². The van der Waals surface area contributed by atoms with Crippen LogP contribution in [0.4, 0.5) is 4.79 Å². The summed E-state index contributed by atoms with van der Waals surface area (Å²) in [5.74, 6) is 3.71. The molecule has 0 saturated heterocycles. The van der Waals surface area contributed by atoms with Gasteiger partial charge in [-0.1, -0.05) is 18.2 Å². The van der Waals surface area contributed by atoms with Gasteiger partial charge in [0.15, 0.2) is 34.5 Å². The lowest BCUT2D eigenvalue weighted by atomic mass is 9.87. The zero-order valence-corrected chi connectivity index (χ0v) is 34.2. The summed E-state index contributed by atoms with van der Waals surface area (Å²) in [4.78, 5) is 30.0. The average molecular weight is 780 g/mol. The van der Waals surface area contributed by atoms with E-state index in [2.05, 4.69) is 59.5 Å². The van der Waals surface area contributed by atoms with Crippen LogP contribution in [0.5, 0.6) is 46.0 Å². The summed E-state index contributed by atoms with van der Waals surface area (Å²) in [6.45, 7) is 7.11. The van der Waals surface area contributed by atoms with E-state index in [-0.39, 0.29) is 30.8 Å². The molecule has 12 heteroatoms. The quantitative estimate of drug-likeness (QED) is 0.145. The van der Waals surface area contributed by atoms with E-state index in [0.29, 0.717) is 46.7 Å². The molecule has 0 spiro atoms. The number of benzene rings is 4. The third-order valence-corrected chi connectivity index (χ3v) is 10.9. The topological polar surface area (TPSA) is 117 Å². The largest absolute Gasteiger partial charge is 0.493 e. The second-order valence-electron chi connectivity index (χ2n) is 15.9. The van der Waals surface area contributed by atoms with Crippen molar-refractivity contribution < 1.29 is 42.7 Å². The van der Waals surface area contributed by atoms with E-state index in [9.17, 15) is 9.59 Å². The lowest BCUT2D eigenvalue weighted by Gasteiger charge is -2.37. The zero-order chi connectivity index (χ0) is 40.4. The van der Waals surface area contributed by atoms with E-state index in [0.717, 1.165) is 54.6 Å². The summed E-state index contributed by atoms with van der Waals surface area (Å²) in [5, 5.41) is 2.62. The van der Waals surface area contributed by atoms with Crippen LogP contribution in [0.2, 0.25) is 0 Å². The zero-order valence-electron chi connectivity index (χ0n) is 34.2. The van der Waals surface area contributed by atoms with Gasteiger partial charge in [-0.15, -0.1) is 0 Å². The van der Waals surface area contributed by atoms with E-state index in [1.54, 1.807) is 48.2 Å². The number of fused-ring (bicyclic) bond motifs is 2. The second-order valence-corrected chi connectivity index (χ2v) is 15.9. The summed E-state index contributed by atoms with van der Waals surface area (Å²) in [7, 11) is 9.23. The van der Waals surface area contributed by atoms with Crippen LogP contribution in [0.15, 0.2) is 60.7 Å². The Hall–Kier alpha value is -5.46. The van der Waals surface area contributed by atoms with E-state index < -0.39 is 17.7 Å². The Morgan fingerprint density at radius 1 is 0.754 bits per heavy atom. The molecule has 4 aliphatic rings. The van der Waals surface area contributed by atoms with Crippen molar-refractivity contribution in [2.24, 2.45) is 0 Å². The first kappa shape index (κ1) is 39.8. The molecule has 0 aromatic heterocycles. The molecule has 4 aromatic rings. The van der Waals surface area contributed by atoms with Gasteiger partial charge < -0.3 is 38.5 Å². The normalized spacial score (nSPS) is 17.8. The highest BCUT2D eigenvalue weighted by atomic mass is 16.6. The van der Waals surface area contributed by atoms with Gasteiger partial charge in [-0.25, -0.2) is 4.79 Å². The molecule has 2 unspecified atom stereocenters. The van der Waals surface area contributed by atoms with Gasteiger partial charge in [0, 0.05) is 37.3 Å². The van der Waals surface area contributed by atoms with Crippen molar-refractivity contribution in [2.45, 2.75) is 70.6 Å². The Balaban J connectivity index is 1.31. The standard InChI is InChI=1S/C45H53N3O9/c1-45(2,3)57-44(50)46-18-15-40(49)55-35-14-11-28-22-34-41-30(17-20-48(34)5)25-39(52-7)42(53-8)43(41)56-38-26-32-29(24-36(38)51-6)16-19-47(4)33(32)21-27-9-12-31(13-10-27)54-37(35)23-28/h9-14,23-26,33-34H,15-22H2,1-8H3,(H,46,50). The van der Waals surface area contributed by atoms with Crippen LogP contribution in [0.1, 0.15) is 72.7 Å². The lowest BCUT2D eigenvalue weighted by Crippen LogP contribution is -2.34. The number of amides is 1. The van der Waals surface area contributed by atoms with Gasteiger partial charge in [0.1, 0.15) is 11.4 Å². The van der Waals surface area contributed by atoms with Crippen LogP contribution >= 0.6 is 0 Å². The lowest BCUT2D eigenvalue weighted by molar-refractivity contribution is -0.134. The molecule has 0 radical (unpaired) electrons. The molecule has 1 N–H and O–H groups in total. The Morgan fingerprint density at radius 3 is 2.11 bits per heavy atom. The molecule has 302 valence electrons. The molecule has 2 atom stereocenters. The van der Waals surface area contributed by atoms with Crippen LogP contribution in [0, 0.1) is 0 Å². The van der Waals surface area contributed by atoms with Crippen molar-refractivity contribution in [1.29, 1.82) is 0 Å². The highest BCUT2D eigenvalue weighted by molar-refractivity contribution is 5.75. The molecule has 8 rings (SSSR count). The minimum absolute atomic E-state index is 0.0582. The minimum atomic E-state index is -0.650. The first-order chi connectivity index (χ1) is 27.3. The summed E-state index contributed by atoms with van der Waals surface area (Å²) in [6.07, 6.45) is 2.36. The van der Waals surface area contributed by atoms with Gasteiger partial charge in [-0.2, -0.15) is 0 Å². The van der Waals surface area contributed by atoms with Crippen molar-refractivity contribution in [3.8, 4) is 46.0 Å². The third-order valence-electron chi connectivity index (χ3n) is 10.9. The van der Waals surface area contributed by atoms with Gasteiger partial charge in [-0.3, -0.25) is 14.6 Å². The number of nitrogens with one attached hydrogen (secondary N) is 1. The molecule has 4 heterocycles. The fourth-order valence-corrected chi connectivity index (χ4v) is 7.95. The predicted octanol–water partition coefficient (Wildman–Crippen LogP) is 7.97. The Morgan fingerprint density at radius 2 is 1.40 bits per heavy atom. The fourth-order valence-electron chi connectivity index (χ4n) is 7.95. The minimum Gasteiger partial charge on any atom is -0.493 e. The molecule has 0 saturated carbocycles. The van der Waals surface area contributed by atoms with E-state index >= 15 is 0 Å². The highest BCUT2D eigenvalue weighted by Gasteiger charge is 2.35. The van der Waals surface area contributed by atoms with Gasteiger partial charge in [0.05, 0.1) is 27.8 Å². The van der Waals surface area contributed by atoms with Crippen molar-refractivity contribution >= 4 is 12.1 Å². The van der Waals surface area contributed by atoms with Crippen molar-refractivity contribution in [3.05, 3.63) is 94.0 Å². The van der Waals surface area contributed by atoms with Crippen LogP contribution in [-0.2, 0) is 35.2 Å². The van der Waals surface area contributed by atoms with Crippen LogP contribution in [0.3, 0.4) is 0 Å². The SMILES string of the molecule is COc1cc2c3cc1Oc1c(OC)c(OC)cc4c1C(Cc1ccc(OC(=O)CCNC(=O)OC(C)(C)C)c(c1)Oc1ccc(cc1)CC3N(C)CC2)N(C)CC4. The fraction of sp³-hybridized carbons (Fsp3) is 0.422. The highest BCUT2D eigenvalue weighted by Crippen LogP contribution is 2.52. The number of carbonyl (C=O) groups is 2.